The summed E-state index contributed by atoms with van der Waals surface area (Å²) in [6.45, 7) is 14.8. The van der Waals surface area contributed by atoms with Gasteiger partial charge in [0, 0.05) is 23.6 Å². The molecule has 126 valence electrons. The van der Waals surface area contributed by atoms with E-state index < -0.39 is 0 Å². The molecule has 0 fully saturated rings. The van der Waals surface area contributed by atoms with Crippen LogP contribution in [0, 0.1) is 13.8 Å². The lowest BCUT2D eigenvalue weighted by molar-refractivity contribution is 0.309. The van der Waals surface area contributed by atoms with Gasteiger partial charge in [0.05, 0.1) is 7.11 Å². The monoisotopic (exact) mass is 315 g/mol. The van der Waals surface area contributed by atoms with Gasteiger partial charge in [0.25, 0.3) is 0 Å². The van der Waals surface area contributed by atoms with Gasteiger partial charge in [-0.1, -0.05) is 19.2 Å². The minimum absolute atomic E-state index is 0.0954. The maximum Gasteiger partial charge on any atom is 0.111 e. The molecule has 0 aliphatic rings. The van der Waals surface area contributed by atoms with E-state index in [2.05, 4.69) is 44.2 Å². The molecule has 0 spiro atoms. The van der Waals surface area contributed by atoms with Gasteiger partial charge < -0.3 is 15.8 Å². The van der Waals surface area contributed by atoms with Crippen molar-refractivity contribution in [2.24, 2.45) is 5.73 Å². The molecular formula is C19H29N3O. The van der Waals surface area contributed by atoms with E-state index in [-0.39, 0.29) is 6.04 Å². The number of aryl methyl sites for hydroxylation is 2. The lowest BCUT2D eigenvalue weighted by atomic mass is 10.0. The molecule has 0 bridgehead atoms. The number of pyridine rings is 1. The number of methoxy groups -OCH3 is 1. The molecule has 0 radical (unpaired) electrons. The molecule has 1 rings (SSSR count). The predicted octanol–water partition coefficient (Wildman–Crippen LogP) is 3.66. The summed E-state index contributed by atoms with van der Waals surface area (Å²) in [6.07, 6.45) is 7.50. The Kier molecular flexibility index (Phi) is 7.55. The molecule has 1 aromatic heterocycles. The number of ether oxygens (including phenoxy) is 1. The Hall–Kier alpha value is -2.07. The van der Waals surface area contributed by atoms with Crippen LogP contribution in [-0.4, -0.2) is 24.7 Å². The van der Waals surface area contributed by atoms with Crippen LogP contribution in [0.4, 0.5) is 5.69 Å². The average molecular weight is 315 g/mol. The molecule has 1 heterocycles. The molecule has 0 aromatic carbocycles. The lowest BCUT2D eigenvalue weighted by Crippen LogP contribution is -2.19. The maximum atomic E-state index is 5.60. The molecule has 4 heteroatoms. The highest BCUT2D eigenvalue weighted by molar-refractivity contribution is 5.59. The van der Waals surface area contributed by atoms with Crippen LogP contribution in [0.15, 0.2) is 42.8 Å². The van der Waals surface area contributed by atoms with Crippen molar-refractivity contribution >= 4 is 5.69 Å². The first kappa shape index (κ1) is 19.0. The smallest absolute Gasteiger partial charge is 0.111 e. The summed E-state index contributed by atoms with van der Waals surface area (Å²) < 4.78 is 5.03. The molecule has 0 saturated heterocycles. The zero-order valence-electron chi connectivity index (χ0n) is 14.8. The third-order valence-electron chi connectivity index (χ3n) is 3.90. The van der Waals surface area contributed by atoms with Gasteiger partial charge in [-0.05, 0) is 62.9 Å². The van der Waals surface area contributed by atoms with E-state index in [0.29, 0.717) is 12.3 Å². The standard InChI is InChI=1S/C19H29N3O/c1-13(9-10-15(3)23-6)17(5)22-19-14(2)12-21-18(16(19)4)8-7-11-20/h9-10,12,17H,1,3,7-8,11,20H2,2,4-6H3,(H,21,22). The number of nitrogens with zero attached hydrogens (tertiary/aromatic N) is 1. The normalized spacial score (nSPS) is 12.2. The van der Waals surface area contributed by atoms with Gasteiger partial charge in [0.1, 0.15) is 5.76 Å². The Labute approximate surface area is 140 Å². The second-order valence-electron chi connectivity index (χ2n) is 5.72. The number of nitrogens with two attached hydrogens (primary N) is 1. The van der Waals surface area contributed by atoms with E-state index in [9.17, 15) is 0 Å². The van der Waals surface area contributed by atoms with Crippen molar-refractivity contribution in [1.29, 1.82) is 0 Å². The Morgan fingerprint density at radius 3 is 2.70 bits per heavy atom. The molecule has 1 unspecified atom stereocenters. The van der Waals surface area contributed by atoms with Crippen LogP contribution in [0.2, 0.25) is 0 Å². The van der Waals surface area contributed by atoms with Gasteiger partial charge in [-0.2, -0.15) is 0 Å². The van der Waals surface area contributed by atoms with E-state index >= 15 is 0 Å². The number of allylic oxidation sites excluding steroid dienone is 1. The summed E-state index contributed by atoms with van der Waals surface area (Å²) in [5.74, 6) is 0.610. The molecule has 3 N–H and O–H groups in total. The Balaban J connectivity index is 2.88. The summed E-state index contributed by atoms with van der Waals surface area (Å²) in [5.41, 5.74) is 11.1. The fourth-order valence-electron chi connectivity index (χ4n) is 2.24. The average Bonchev–Trinajstić information content (AvgIpc) is 2.55. The molecule has 0 saturated carbocycles. The van der Waals surface area contributed by atoms with E-state index in [1.807, 2.05) is 18.3 Å². The Bertz CT molecular complexity index is 591. The SMILES string of the molecule is C=C(C=CC(=C)C(C)Nc1c(C)cnc(CCCN)c1C)OC. The van der Waals surface area contributed by atoms with Crippen molar-refractivity contribution < 1.29 is 4.74 Å². The molecule has 1 atom stereocenters. The molecule has 4 nitrogen and oxygen atoms in total. The van der Waals surface area contributed by atoms with E-state index in [1.54, 1.807) is 7.11 Å². The molecule has 1 aromatic rings. The maximum absolute atomic E-state index is 5.60. The van der Waals surface area contributed by atoms with Crippen LogP contribution in [0.25, 0.3) is 0 Å². The number of hydrogen-bond donors (Lipinski definition) is 2. The zero-order valence-corrected chi connectivity index (χ0v) is 14.8. The van der Waals surface area contributed by atoms with Crippen LogP contribution in [0.1, 0.15) is 30.2 Å². The quantitative estimate of drug-likeness (QED) is 0.539. The van der Waals surface area contributed by atoms with Crippen molar-refractivity contribution in [3.8, 4) is 0 Å². The topological polar surface area (TPSA) is 60.2 Å². The second kappa shape index (κ2) is 9.16. The minimum Gasteiger partial charge on any atom is -0.497 e. The first-order valence-electron chi connectivity index (χ1n) is 7.92. The van der Waals surface area contributed by atoms with Crippen LogP contribution in [0.5, 0.6) is 0 Å². The molecule has 0 amide bonds. The van der Waals surface area contributed by atoms with Gasteiger partial charge in [-0.15, -0.1) is 0 Å². The molecular weight excluding hydrogens is 286 g/mol. The third kappa shape index (κ3) is 5.57. The fourth-order valence-corrected chi connectivity index (χ4v) is 2.24. The second-order valence-corrected chi connectivity index (χ2v) is 5.72. The van der Waals surface area contributed by atoms with E-state index in [4.69, 9.17) is 10.5 Å². The van der Waals surface area contributed by atoms with Crippen LogP contribution >= 0.6 is 0 Å². The summed E-state index contributed by atoms with van der Waals surface area (Å²) in [5, 5.41) is 3.54. The highest BCUT2D eigenvalue weighted by Gasteiger charge is 2.12. The van der Waals surface area contributed by atoms with Crippen LogP contribution in [-0.2, 0) is 11.2 Å². The van der Waals surface area contributed by atoms with Crippen LogP contribution < -0.4 is 11.1 Å². The van der Waals surface area contributed by atoms with Crippen molar-refractivity contribution in [1.82, 2.24) is 4.98 Å². The van der Waals surface area contributed by atoms with Gasteiger partial charge in [-0.3, -0.25) is 4.98 Å². The van der Waals surface area contributed by atoms with Gasteiger partial charge in [-0.25, -0.2) is 0 Å². The number of hydrogen-bond acceptors (Lipinski definition) is 4. The van der Waals surface area contributed by atoms with Crippen molar-refractivity contribution in [2.75, 3.05) is 19.0 Å². The van der Waals surface area contributed by atoms with Gasteiger partial charge in [0.2, 0.25) is 0 Å². The first-order valence-corrected chi connectivity index (χ1v) is 7.92. The number of nitrogens with one attached hydrogen (secondary N) is 1. The molecule has 0 aliphatic carbocycles. The van der Waals surface area contributed by atoms with Crippen molar-refractivity contribution in [3.05, 3.63) is 59.7 Å². The number of anilines is 1. The molecule has 0 aliphatic heterocycles. The largest absolute Gasteiger partial charge is 0.497 e. The molecule has 23 heavy (non-hydrogen) atoms. The third-order valence-corrected chi connectivity index (χ3v) is 3.90. The lowest BCUT2D eigenvalue weighted by Gasteiger charge is -2.21. The van der Waals surface area contributed by atoms with Gasteiger partial charge >= 0.3 is 0 Å². The number of rotatable bonds is 9. The van der Waals surface area contributed by atoms with Gasteiger partial charge in [0.15, 0.2) is 0 Å². The summed E-state index contributed by atoms with van der Waals surface area (Å²) in [6, 6.07) is 0.0954. The number of aromatic nitrogens is 1. The highest BCUT2D eigenvalue weighted by atomic mass is 16.5. The van der Waals surface area contributed by atoms with Crippen LogP contribution in [0.3, 0.4) is 0 Å². The van der Waals surface area contributed by atoms with Crippen molar-refractivity contribution in [2.45, 2.75) is 39.7 Å². The minimum atomic E-state index is 0.0954. The fraction of sp³-hybridized carbons (Fsp3) is 0.421. The van der Waals surface area contributed by atoms with Crippen molar-refractivity contribution in [3.63, 3.8) is 0 Å². The Morgan fingerprint density at radius 2 is 2.09 bits per heavy atom. The van der Waals surface area contributed by atoms with E-state index in [0.717, 1.165) is 35.4 Å². The Morgan fingerprint density at radius 1 is 1.39 bits per heavy atom. The predicted molar refractivity (Wildman–Crippen MR) is 98.6 cm³/mol. The summed E-state index contributed by atoms with van der Waals surface area (Å²) in [4.78, 5) is 4.54. The highest BCUT2D eigenvalue weighted by Crippen LogP contribution is 2.24. The zero-order chi connectivity index (χ0) is 17.4. The summed E-state index contributed by atoms with van der Waals surface area (Å²) >= 11 is 0. The summed E-state index contributed by atoms with van der Waals surface area (Å²) in [7, 11) is 1.60. The first-order chi connectivity index (χ1) is 10.9. The van der Waals surface area contributed by atoms with E-state index in [1.165, 1.54) is 5.56 Å².